The maximum atomic E-state index is 2.68. The summed E-state index contributed by atoms with van der Waals surface area (Å²) in [7, 11) is 0. The molecule has 0 N–H and O–H groups in total. The van der Waals surface area contributed by atoms with Crippen LogP contribution >= 0.6 is 11.3 Å². The van der Waals surface area contributed by atoms with Crippen LogP contribution in [0.15, 0.2) is 103 Å². The summed E-state index contributed by atoms with van der Waals surface area (Å²) in [6, 6.07) is 39.7. The Bertz CT molecular complexity index is 2480. The van der Waals surface area contributed by atoms with Crippen molar-refractivity contribution in [2.75, 3.05) is 9.80 Å². The van der Waals surface area contributed by atoms with Crippen LogP contribution in [0.1, 0.15) is 114 Å². The number of hydrogen-bond donors (Lipinski definition) is 0. The van der Waals surface area contributed by atoms with Crippen molar-refractivity contribution in [3.63, 3.8) is 0 Å². The van der Waals surface area contributed by atoms with Crippen LogP contribution in [0, 0.1) is 13.8 Å². The zero-order chi connectivity index (χ0) is 38.8. The number of benzene rings is 5. The third-order valence-electron chi connectivity index (χ3n) is 12.9. The van der Waals surface area contributed by atoms with E-state index in [1.165, 1.54) is 96.0 Å². The second kappa shape index (κ2) is 12.5. The van der Waals surface area contributed by atoms with Crippen LogP contribution in [0.2, 0.25) is 0 Å². The highest BCUT2D eigenvalue weighted by Gasteiger charge is 2.50. The third kappa shape index (κ3) is 5.65. The van der Waals surface area contributed by atoms with Gasteiger partial charge in [0, 0.05) is 38.1 Å². The molecule has 55 heavy (non-hydrogen) atoms. The van der Waals surface area contributed by atoms with Gasteiger partial charge in [-0.2, -0.15) is 11.3 Å². The normalized spacial score (nSPS) is 16.5. The van der Waals surface area contributed by atoms with Crippen molar-refractivity contribution in [3.05, 3.63) is 136 Å². The number of nitrogens with zero attached hydrogens (tertiary/aromatic N) is 2. The molecule has 1 aromatic heterocycles. The molecule has 1 aliphatic carbocycles. The highest BCUT2D eigenvalue weighted by molar-refractivity contribution is 7.29. The molecule has 0 bridgehead atoms. The standard InChI is InChI=1S/C51H55BN2S/c1-31(2)35-19-24-39-41(29-35)54(40-30-36(18-17-33(40)4)34-15-13-12-14-16-34)43-28-32(3)27-42-45(43)52(39)48-46(44-47(55-48)51(10,11)26-25-50(44,8)9)53(42)38-22-20-37(21-23-38)49(5,6)7/h12-24,27-31H,25-26H2,1-11H3. The fourth-order valence-corrected chi connectivity index (χ4v) is 11.3. The lowest BCUT2D eigenvalue weighted by Gasteiger charge is -2.45. The van der Waals surface area contributed by atoms with Crippen LogP contribution < -0.4 is 25.5 Å². The SMILES string of the molecule is Cc1cc2c3c(c1)N(c1ccc(C(C)(C)C)cc1)c1c(sc4c1C(C)(C)CCC4(C)C)B3c1ccc(C(C)C)cc1N2c1cc(-c2ccccc2)ccc1C. The van der Waals surface area contributed by atoms with Gasteiger partial charge in [0.15, 0.2) is 0 Å². The minimum absolute atomic E-state index is 0.0583. The molecule has 3 heterocycles. The lowest BCUT2D eigenvalue weighted by molar-refractivity contribution is 0.339. The Hall–Kier alpha value is -4.54. The van der Waals surface area contributed by atoms with Gasteiger partial charge in [-0.05, 0) is 135 Å². The molecule has 0 atom stereocenters. The number of anilines is 6. The van der Waals surface area contributed by atoms with E-state index in [1.807, 2.05) is 0 Å². The van der Waals surface area contributed by atoms with Crippen molar-refractivity contribution in [3.8, 4) is 11.1 Å². The van der Waals surface area contributed by atoms with Crippen LogP contribution in [-0.2, 0) is 16.2 Å². The van der Waals surface area contributed by atoms with Gasteiger partial charge in [0.1, 0.15) is 0 Å². The topological polar surface area (TPSA) is 6.48 Å². The summed E-state index contributed by atoms with van der Waals surface area (Å²) in [5, 5.41) is 0. The molecular formula is C51H55BN2S. The minimum atomic E-state index is 0.0583. The summed E-state index contributed by atoms with van der Waals surface area (Å²) >= 11 is 2.11. The molecule has 278 valence electrons. The van der Waals surface area contributed by atoms with Gasteiger partial charge in [-0.1, -0.05) is 129 Å². The Labute approximate surface area is 334 Å². The molecule has 2 nitrogen and oxygen atoms in total. The van der Waals surface area contributed by atoms with Gasteiger partial charge in [0.05, 0.1) is 5.69 Å². The van der Waals surface area contributed by atoms with Crippen LogP contribution in [0.4, 0.5) is 34.1 Å². The van der Waals surface area contributed by atoms with E-state index in [-0.39, 0.29) is 23.0 Å². The molecule has 4 heteroatoms. The molecule has 9 rings (SSSR count). The lowest BCUT2D eigenvalue weighted by Crippen LogP contribution is -2.60. The summed E-state index contributed by atoms with van der Waals surface area (Å²) in [6.07, 6.45) is 2.39. The summed E-state index contributed by atoms with van der Waals surface area (Å²) in [4.78, 5) is 6.88. The van der Waals surface area contributed by atoms with E-state index in [0.717, 1.165) is 0 Å². The van der Waals surface area contributed by atoms with Crippen molar-refractivity contribution < 1.29 is 0 Å². The highest BCUT2D eigenvalue weighted by atomic mass is 32.1. The summed E-state index contributed by atoms with van der Waals surface area (Å²) in [5.41, 5.74) is 20.3. The minimum Gasteiger partial charge on any atom is -0.311 e. The molecule has 3 aliphatic rings. The maximum Gasteiger partial charge on any atom is 0.264 e. The van der Waals surface area contributed by atoms with E-state index in [2.05, 4.69) is 200 Å². The fraction of sp³-hybridized carbons (Fsp3) is 0.333. The molecule has 0 radical (unpaired) electrons. The quantitative estimate of drug-likeness (QED) is 0.166. The molecular weight excluding hydrogens is 683 g/mol. The smallest absolute Gasteiger partial charge is 0.264 e. The van der Waals surface area contributed by atoms with Crippen molar-refractivity contribution in [2.45, 2.75) is 111 Å². The molecule has 0 saturated carbocycles. The number of thiophene rings is 1. The van der Waals surface area contributed by atoms with E-state index < -0.39 is 0 Å². The average Bonchev–Trinajstić information content (AvgIpc) is 3.57. The Morgan fingerprint density at radius 1 is 0.673 bits per heavy atom. The molecule has 2 aliphatic heterocycles. The van der Waals surface area contributed by atoms with E-state index in [1.54, 1.807) is 10.4 Å². The first kappa shape index (κ1) is 36.1. The molecule has 0 amide bonds. The van der Waals surface area contributed by atoms with Gasteiger partial charge in [-0.15, -0.1) is 0 Å². The third-order valence-corrected chi connectivity index (χ3v) is 14.5. The zero-order valence-electron chi connectivity index (χ0n) is 34.7. The molecule has 5 aromatic carbocycles. The number of hydrogen-bond acceptors (Lipinski definition) is 3. The molecule has 0 fully saturated rings. The van der Waals surface area contributed by atoms with Gasteiger partial charge >= 0.3 is 0 Å². The molecule has 6 aromatic rings. The van der Waals surface area contributed by atoms with Crippen molar-refractivity contribution >= 4 is 67.9 Å². The Kier molecular flexibility index (Phi) is 8.20. The first-order valence-corrected chi connectivity index (χ1v) is 21.2. The first-order valence-electron chi connectivity index (χ1n) is 20.4. The predicted molar refractivity (Wildman–Crippen MR) is 241 cm³/mol. The van der Waals surface area contributed by atoms with E-state index in [4.69, 9.17) is 0 Å². The van der Waals surface area contributed by atoms with Crippen molar-refractivity contribution in [2.24, 2.45) is 0 Å². The Balaban J connectivity index is 1.39. The second-order valence-electron chi connectivity index (χ2n) is 19.2. The zero-order valence-corrected chi connectivity index (χ0v) is 35.5. The summed E-state index contributed by atoms with van der Waals surface area (Å²) < 4.78 is 1.50. The summed E-state index contributed by atoms with van der Waals surface area (Å²) in [5.74, 6) is 0.419. The van der Waals surface area contributed by atoms with Gasteiger partial charge < -0.3 is 9.80 Å². The van der Waals surface area contributed by atoms with Gasteiger partial charge in [0.2, 0.25) is 0 Å². The molecule has 0 spiro atoms. The van der Waals surface area contributed by atoms with Crippen LogP contribution in [0.25, 0.3) is 11.1 Å². The number of rotatable bonds is 4. The van der Waals surface area contributed by atoms with E-state index >= 15 is 0 Å². The molecule has 0 unspecified atom stereocenters. The van der Waals surface area contributed by atoms with Gasteiger partial charge in [-0.25, -0.2) is 0 Å². The molecule has 0 saturated heterocycles. The second-order valence-corrected chi connectivity index (χ2v) is 20.3. The van der Waals surface area contributed by atoms with Crippen molar-refractivity contribution in [1.29, 1.82) is 0 Å². The maximum absolute atomic E-state index is 2.68. The summed E-state index contributed by atoms with van der Waals surface area (Å²) in [6.45, 7) is 26.3. The largest absolute Gasteiger partial charge is 0.311 e. The number of aryl methyl sites for hydroxylation is 2. The van der Waals surface area contributed by atoms with E-state index in [0.29, 0.717) is 5.92 Å². The average molecular weight is 739 g/mol. The Morgan fingerprint density at radius 2 is 1.35 bits per heavy atom. The van der Waals surface area contributed by atoms with Crippen LogP contribution in [0.5, 0.6) is 0 Å². The lowest BCUT2D eigenvalue weighted by atomic mass is 9.36. The predicted octanol–water partition coefficient (Wildman–Crippen LogP) is 12.9. The van der Waals surface area contributed by atoms with Gasteiger partial charge in [0.25, 0.3) is 6.71 Å². The Morgan fingerprint density at radius 3 is 2.02 bits per heavy atom. The monoisotopic (exact) mass is 738 g/mol. The highest BCUT2D eigenvalue weighted by Crippen LogP contribution is 2.56. The fourth-order valence-electron chi connectivity index (χ4n) is 9.59. The first-order chi connectivity index (χ1) is 26.0. The number of fused-ring (bicyclic) bond motifs is 6. The van der Waals surface area contributed by atoms with Crippen molar-refractivity contribution in [1.82, 2.24) is 0 Å². The van der Waals surface area contributed by atoms with Gasteiger partial charge in [-0.3, -0.25) is 0 Å². The van der Waals surface area contributed by atoms with Crippen LogP contribution in [0.3, 0.4) is 0 Å². The van der Waals surface area contributed by atoms with E-state index in [9.17, 15) is 0 Å². The van der Waals surface area contributed by atoms with Crippen LogP contribution in [-0.4, -0.2) is 6.71 Å².